The van der Waals surface area contributed by atoms with Crippen LogP contribution < -0.4 is 10.1 Å². The molecule has 2 aromatic heterocycles. The molecule has 30 heavy (non-hydrogen) atoms. The van der Waals surface area contributed by atoms with E-state index in [-0.39, 0.29) is 28.7 Å². The third-order valence-electron chi connectivity index (χ3n) is 4.53. The number of fused-ring (bicyclic) bond motifs is 1. The molecule has 2 aromatic carbocycles. The van der Waals surface area contributed by atoms with Gasteiger partial charge in [0.1, 0.15) is 17.4 Å². The van der Waals surface area contributed by atoms with E-state index in [1.165, 1.54) is 18.5 Å². The number of carbonyl (C=O) groups is 2. The number of H-pyrrole nitrogens is 1. The predicted octanol–water partition coefficient (Wildman–Crippen LogP) is 4.05. The molecule has 0 spiro atoms. The van der Waals surface area contributed by atoms with Crippen molar-refractivity contribution < 1.29 is 19.4 Å². The van der Waals surface area contributed by atoms with E-state index >= 15 is 0 Å². The number of rotatable bonds is 6. The third-order valence-corrected chi connectivity index (χ3v) is 4.53. The van der Waals surface area contributed by atoms with Gasteiger partial charge in [-0.15, -0.1) is 0 Å². The van der Waals surface area contributed by atoms with E-state index in [9.17, 15) is 14.7 Å². The molecule has 0 fully saturated rings. The number of aromatic carboxylic acids is 1. The molecule has 1 atom stereocenters. The first kappa shape index (κ1) is 19.1. The van der Waals surface area contributed by atoms with Gasteiger partial charge in [0, 0.05) is 6.20 Å². The minimum atomic E-state index is -1.09. The summed E-state index contributed by atoms with van der Waals surface area (Å²) >= 11 is 0. The molecule has 0 saturated carbocycles. The van der Waals surface area contributed by atoms with Crippen LogP contribution in [0.2, 0.25) is 0 Å². The molecule has 0 saturated heterocycles. The lowest BCUT2D eigenvalue weighted by Crippen LogP contribution is -2.13. The van der Waals surface area contributed by atoms with Crippen LogP contribution in [0.5, 0.6) is 5.75 Å². The Morgan fingerprint density at radius 1 is 1.10 bits per heavy atom. The maximum Gasteiger partial charge on any atom is 0.337 e. The lowest BCUT2D eigenvalue weighted by molar-refractivity contribution is 0.0698. The number of imidazole rings is 1. The SMILES string of the molecule is C[C@@H](Oc1cncc(C(=O)Nc2nc3c(C(=O)O)cccc3[nH]2)c1)c1ccccc1. The molecule has 4 aromatic rings. The highest BCUT2D eigenvalue weighted by atomic mass is 16.5. The monoisotopic (exact) mass is 402 g/mol. The molecule has 0 aliphatic heterocycles. The highest BCUT2D eigenvalue weighted by Crippen LogP contribution is 2.23. The van der Waals surface area contributed by atoms with Gasteiger partial charge in [-0.3, -0.25) is 15.1 Å². The van der Waals surface area contributed by atoms with Crippen molar-refractivity contribution in [3.63, 3.8) is 0 Å². The van der Waals surface area contributed by atoms with Crippen LogP contribution in [-0.4, -0.2) is 31.9 Å². The number of carboxylic acids is 1. The average Bonchev–Trinajstić information content (AvgIpc) is 3.16. The highest BCUT2D eigenvalue weighted by Gasteiger charge is 2.15. The van der Waals surface area contributed by atoms with Crippen molar-refractivity contribution in [2.24, 2.45) is 0 Å². The summed E-state index contributed by atoms with van der Waals surface area (Å²) in [6, 6.07) is 16.0. The normalized spacial score (nSPS) is 11.8. The number of aromatic nitrogens is 3. The minimum Gasteiger partial charge on any atom is -0.484 e. The molecular weight excluding hydrogens is 384 g/mol. The fraction of sp³-hybridized carbons (Fsp3) is 0.0909. The Labute approximate surface area is 171 Å². The quantitative estimate of drug-likeness (QED) is 0.448. The molecule has 0 radical (unpaired) electrons. The van der Waals surface area contributed by atoms with E-state index in [2.05, 4.69) is 20.3 Å². The summed E-state index contributed by atoms with van der Waals surface area (Å²) in [5.74, 6) is -0.938. The number of carboxylic acid groups (broad SMARTS) is 1. The summed E-state index contributed by atoms with van der Waals surface area (Å²) in [6.45, 7) is 1.91. The number of anilines is 1. The van der Waals surface area contributed by atoms with Gasteiger partial charge in [0.05, 0.1) is 22.8 Å². The summed E-state index contributed by atoms with van der Waals surface area (Å²) in [5.41, 5.74) is 2.12. The third kappa shape index (κ3) is 3.97. The lowest BCUT2D eigenvalue weighted by atomic mass is 10.1. The smallest absolute Gasteiger partial charge is 0.337 e. The maximum absolute atomic E-state index is 12.6. The Kier molecular flexibility index (Phi) is 5.13. The molecule has 0 bridgehead atoms. The molecule has 8 nitrogen and oxygen atoms in total. The van der Waals surface area contributed by atoms with E-state index in [0.29, 0.717) is 11.3 Å². The van der Waals surface area contributed by atoms with Crippen molar-refractivity contribution >= 4 is 28.9 Å². The predicted molar refractivity (Wildman–Crippen MR) is 111 cm³/mol. The summed E-state index contributed by atoms with van der Waals surface area (Å²) in [7, 11) is 0. The number of carbonyl (C=O) groups excluding carboxylic acids is 1. The highest BCUT2D eigenvalue weighted by molar-refractivity contribution is 6.05. The Balaban J connectivity index is 1.52. The van der Waals surface area contributed by atoms with Crippen molar-refractivity contribution in [1.29, 1.82) is 0 Å². The molecule has 2 heterocycles. The summed E-state index contributed by atoms with van der Waals surface area (Å²) in [4.78, 5) is 35.1. The summed E-state index contributed by atoms with van der Waals surface area (Å²) in [5, 5.41) is 11.9. The van der Waals surface area contributed by atoms with Crippen LogP contribution in [0.3, 0.4) is 0 Å². The Hall–Kier alpha value is -4.20. The molecule has 0 aliphatic rings. The van der Waals surface area contributed by atoms with Crippen molar-refractivity contribution in [1.82, 2.24) is 15.0 Å². The van der Waals surface area contributed by atoms with Crippen LogP contribution in [0.25, 0.3) is 11.0 Å². The van der Waals surface area contributed by atoms with Gasteiger partial charge in [-0.25, -0.2) is 9.78 Å². The van der Waals surface area contributed by atoms with Crippen molar-refractivity contribution in [2.75, 3.05) is 5.32 Å². The molecule has 1 amide bonds. The standard InChI is InChI=1S/C22H18N4O4/c1-13(14-6-3-2-4-7-14)30-16-10-15(11-23-12-16)20(27)26-22-24-18-9-5-8-17(21(28)29)19(18)25-22/h2-13H,1H3,(H,28,29)(H2,24,25,26,27)/t13-/m1/s1. The van der Waals surface area contributed by atoms with Gasteiger partial charge in [-0.2, -0.15) is 0 Å². The lowest BCUT2D eigenvalue weighted by Gasteiger charge is -2.15. The van der Waals surface area contributed by atoms with E-state index in [4.69, 9.17) is 4.74 Å². The first-order chi connectivity index (χ1) is 14.5. The largest absolute Gasteiger partial charge is 0.484 e. The Bertz CT molecular complexity index is 1220. The van der Waals surface area contributed by atoms with Gasteiger partial charge < -0.3 is 14.8 Å². The number of hydrogen-bond acceptors (Lipinski definition) is 5. The number of ether oxygens (including phenoxy) is 1. The van der Waals surface area contributed by atoms with Crippen LogP contribution in [0.1, 0.15) is 39.3 Å². The van der Waals surface area contributed by atoms with Crippen LogP contribution in [0.15, 0.2) is 67.0 Å². The maximum atomic E-state index is 12.6. The van der Waals surface area contributed by atoms with Gasteiger partial charge >= 0.3 is 5.97 Å². The van der Waals surface area contributed by atoms with E-state index in [1.807, 2.05) is 37.3 Å². The van der Waals surface area contributed by atoms with Gasteiger partial charge in [-0.05, 0) is 30.7 Å². The van der Waals surface area contributed by atoms with Gasteiger partial charge in [-0.1, -0.05) is 36.4 Å². The Morgan fingerprint density at radius 2 is 1.90 bits per heavy atom. The number of pyridine rings is 1. The molecule has 8 heteroatoms. The van der Waals surface area contributed by atoms with E-state index in [0.717, 1.165) is 5.56 Å². The van der Waals surface area contributed by atoms with Gasteiger partial charge in [0.2, 0.25) is 5.95 Å². The number of aromatic amines is 1. The van der Waals surface area contributed by atoms with Crippen LogP contribution in [-0.2, 0) is 0 Å². The number of amides is 1. The topological polar surface area (TPSA) is 117 Å². The number of hydrogen-bond donors (Lipinski definition) is 3. The molecule has 0 aliphatic carbocycles. The molecule has 150 valence electrons. The fourth-order valence-corrected chi connectivity index (χ4v) is 3.05. The van der Waals surface area contributed by atoms with Crippen molar-refractivity contribution in [2.45, 2.75) is 13.0 Å². The van der Waals surface area contributed by atoms with E-state index < -0.39 is 11.9 Å². The van der Waals surface area contributed by atoms with Crippen molar-refractivity contribution in [3.05, 3.63) is 83.7 Å². The van der Waals surface area contributed by atoms with Crippen LogP contribution >= 0.6 is 0 Å². The zero-order valence-corrected chi connectivity index (χ0v) is 16.0. The first-order valence-electron chi connectivity index (χ1n) is 9.21. The fourth-order valence-electron chi connectivity index (χ4n) is 3.05. The van der Waals surface area contributed by atoms with Crippen molar-refractivity contribution in [3.8, 4) is 5.75 Å². The molecule has 4 rings (SSSR count). The second-order valence-electron chi connectivity index (χ2n) is 6.63. The van der Waals surface area contributed by atoms with Crippen LogP contribution in [0.4, 0.5) is 5.95 Å². The minimum absolute atomic E-state index is 0.0520. The van der Waals surface area contributed by atoms with Gasteiger partial charge in [0.25, 0.3) is 5.91 Å². The average molecular weight is 402 g/mol. The Morgan fingerprint density at radius 3 is 2.67 bits per heavy atom. The second-order valence-corrected chi connectivity index (χ2v) is 6.63. The zero-order valence-electron chi connectivity index (χ0n) is 16.0. The zero-order chi connectivity index (χ0) is 21.1. The molecule has 3 N–H and O–H groups in total. The second kappa shape index (κ2) is 8.04. The number of nitrogens with one attached hydrogen (secondary N) is 2. The summed E-state index contributed by atoms with van der Waals surface area (Å²) < 4.78 is 5.90. The van der Waals surface area contributed by atoms with E-state index in [1.54, 1.807) is 18.2 Å². The number of nitrogens with zero attached hydrogens (tertiary/aromatic N) is 2. The summed E-state index contributed by atoms with van der Waals surface area (Å²) in [6.07, 6.45) is 2.74. The van der Waals surface area contributed by atoms with Gasteiger partial charge in [0.15, 0.2) is 0 Å². The molecular formula is C22H18N4O4. The van der Waals surface area contributed by atoms with Crippen LogP contribution in [0, 0.1) is 0 Å². The first-order valence-corrected chi connectivity index (χ1v) is 9.21. The number of benzene rings is 2. The number of para-hydroxylation sites is 1. The molecule has 0 unspecified atom stereocenters.